The molecule has 4 rings (SSSR count). The smallest absolute Gasteiger partial charge is 0.272 e. The Morgan fingerprint density at radius 2 is 2.03 bits per heavy atom. The van der Waals surface area contributed by atoms with E-state index < -0.39 is 40.8 Å². The number of nitrogens with one attached hydrogen (secondary N) is 1. The molecule has 0 aliphatic carbocycles. The Morgan fingerprint density at radius 3 is 2.71 bits per heavy atom. The molecule has 2 aromatic carbocycles. The second-order valence-corrected chi connectivity index (χ2v) is 10.6. The summed E-state index contributed by atoms with van der Waals surface area (Å²) in [7, 11) is -2.55. The largest absolute Gasteiger partial charge is 0.487 e. The highest BCUT2D eigenvalue weighted by atomic mass is 32.2. The van der Waals surface area contributed by atoms with E-state index in [0.717, 1.165) is 6.07 Å². The van der Waals surface area contributed by atoms with E-state index in [1.54, 1.807) is 0 Å². The average molecular weight is 513 g/mol. The van der Waals surface area contributed by atoms with Crippen LogP contribution in [0, 0.1) is 5.82 Å². The van der Waals surface area contributed by atoms with Gasteiger partial charge in [0.05, 0.1) is 35.5 Å². The molecule has 9 nitrogen and oxygen atoms in total. The minimum atomic E-state index is -2.74. The number of anilines is 2. The number of ether oxygens (including phenoxy) is 3. The van der Waals surface area contributed by atoms with Crippen LogP contribution in [0.2, 0.25) is 0 Å². The minimum absolute atomic E-state index is 0.00232. The van der Waals surface area contributed by atoms with Crippen molar-refractivity contribution in [2.75, 3.05) is 37.6 Å². The van der Waals surface area contributed by atoms with E-state index in [0.29, 0.717) is 11.2 Å². The molecule has 0 saturated carbocycles. The number of halogens is 3. The zero-order valence-electron chi connectivity index (χ0n) is 18.8. The Morgan fingerprint density at radius 1 is 1.23 bits per heavy atom. The van der Waals surface area contributed by atoms with E-state index in [2.05, 4.69) is 19.6 Å². The molecule has 35 heavy (non-hydrogen) atoms. The van der Waals surface area contributed by atoms with Gasteiger partial charge in [-0.15, -0.1) is 0 Å². The van der Waals surface area contributed by atoms with Crippen LogP contribution in [0.15, 0.2) is 41.0 Å². The number of aliphatic hydroxyl groups excluding tert-OH is 1. The third-order valence-electron chi connectivity index (χ3n) is 4.85. The minimum Gasteiger partial charge on any atom is -0.487 e. The fraction of sp³-hybridized carbons (Fsp3) is 0.364. The van der Waals surface area contributed by atoms with Crippen LogP contribution in [0.25, 0.3) is 10.9 Å². The van der Waals surface area contributed by atoms with Gasteiger partial charge >= 0.3 is 0 Å². The maximum Gasteiger partial charge on any atom is 0.272 e. The summed E-state index contributed by atoms with van der Waals surface area (Å²) in [6.07, 6.45) is -0.218. The summed E-state index contributed by atoms with van der Waals surface area (Å²) in [6.45, 7) is -0.673. The zero-order chi connectivity index (χ0) is 25.2. The van der Waals surface area contributed by atoms with Crippen LogP contribution in [-0.2, 0) is 14.5 Å². The number of benzene rings is 2. The molecule has 0 bridgehead atoms. The third kappa shape index (κ3) is 6.29. The number of rotatable bonds is 8. The number of alkyl halides is 2. The highest BCUT2D eigenvalue weighted by Gasteiger charge is 2.29. The Bertz CT molecular complexity index is 1340. The van der Waals surface area contributed by atoms with Gasteiger partial charge in [0.15, 0.2) is 6.10 Å². The summed E-state index contributed by atoms with van der Waals surface area (Å²) in [5.74, 6) is -0.317. The van der Waals surface area contributed by atoms with E-state index >= 15 is 0 Å². The van der Waals surface area contributed by atoms with E-state index in [9.17, 15) is 22.5 Å². The molecule has 0 spiro atoms. The van der Waals surface area contributed by atoms with Crippen molar-refractivity contribution in [1.29, 1.82) is 0 Å². The standard InChI is InChI=1S/C22H23F3N4O5S/c1-35(2,31)29-13-6-15-21(18(7-13)33-10-20(24)25)22(27-11-26-15)28-14-4-3-12(23)5-17(14)34-19-9-32-8-16(19)30/h3-7,11,16,19-20,30H,8-10H2,1-2H3,(H,26,27,28)/t16-,19-/m0/s1. The predicted octanol–water partition coefficient (Wildman–Crippen LogP) is 3.65. The van der Waals surface area contributed by atoms with Gasteiger partial charge in [-0.3, -0.25) is 0 Å². The Hall–Kier alpha value is -3.16. The molecule has 0 amide bonds. The molecule has 1 fully saturated rings. The van der Waals surface area contributed by atoms with Crippen LogP contribution >= 0.6 is 0 Å². The van der Waals surface area contributed by atoms with Crippen LogP contribution < -0.4 is 14.8 Å². The lowest BCUT2D eigenvalue weighted by Gasteiger charge is -2.19. The van der Waals surface area contributed by atoms with Crippen LogP contribution in [0.5, 0.6) is 11.5 Å². The molecular formula is C22H23F3N4O5S. The molecule has 1 saturated heterocycles. The highest BCUT2D eigenvalue weighted by Crippen LogP contribution is 2.38. The first-order valence-corrected chi connectivity index (χ1v) is 12.8. The van der Waals surface area contributed by atoms with E-state index in [4.69, 9.17) is 14.2 Å². The molecular weight excluding hydrogens is 489 g/mol. The molecule has 1 aliphatic heterocycles. The lowest BCUT2D eigenvalue weighted by atomic mass is 10.1. The highest BCUT2D eigenvalue weighted by molar-refractivity contribution is 7.92. The van der Waals surface area contributed by atoms with Gasteiger partial charge in [-0.1, -0.05) is 0 Å². The van der Waals surface area contributed by atoms with Crippen molar-refractivity contribution in [1.82, 2.24) is 9.97 Å². The topological polar surface area (TPSA) is 115 Å². The van der Waals surface area contributed by atoms with Gasteiger partial charge in [0.1, 0.15) is 42.2 Å². The van der Waals surface area contributed by atoms with Crippen LogP contribution in [-0.4, -0.2) is 70.2 Å². The van der Waals surface area contributed by atoms with Crippen molar-refractivity contribution in [3.8, 4) is 11.5 Å². The normalized spacial score (nSPS) is 18.1. The number of hydrogen-bond acceptors (Lipinski definition) is 9. The molecule has 3 aromatic rings. The lowest BCUT2D eigenvalue weighted by molar-refractivity contribution is 0.0736. The van der Waals surface area contributed by atoms with Crippen molar-refractivity contribution in [2.24, 2.45) is 4.36 Å². The van der Waals surface area contributed by atoms with E-state index in [1.807, 2.05) is 0 Å². The number of nitrogens with zero attached hydrogens (tertiary/aromatic N) is 3. The first-order valence-electron chi connectivity index (χ1n) is 10.4. The van der Waals surface area contributed by atoms with Gasteiger partial charge in [0, 0.05) is 34.4 Å². The monoisotopic (exact) mass is 512 g/mol. The van der Waals surface area contributed by atoms with Gasteiger partial charge in [-0.25, -0.2) is 27.3 Å². The number of hydrogen-bond donors (Lipinski definition) is 2. The molecule has 2 N–H and O–H groups in total. The maximum absolute atomic E-state index is 14.0. The molecule has 2 heterocycles. The first kappa shape index (κ1) is 24.9. The predicted molar refractivity (Wildman–Crippen MR) is 124 cm³/mol. The van der Waals surface area contributed by atoms with Crippen molar-refractivity contribution in [2.45, 2.75) is 18.6 Å². The number of fused-ring (bicyclic) bond motifs is 1. The molecule has 13 heteroatoms. The first-order chi connectivity index (χ1) is 16.6. The summed E-state index contributed by atoms with van der Waals surface area (Å²) in [4.78, 5) is 8.38. The van der Waals surface area contributed by atoms with Gasteiger partial charge in [0.2, 0.25) is 0 Å². The second-order valence-electron chi connectivity index (χ2n) is 8.06. The van der Waals surface area contributed by atoms with E-state index in [1.165, 1.54) is 43.1 Å². The number of aliphatic hydroxyl groups is 1. The molecule has 0 radical (unpaired) electrons. The van der Waals surface area contributed by atoms with Gasteiger partial charge in [-0.05, 0) is 18.2 Å². The summed E-state index contributed by atoms with van der Waals surface area (Å²) >= 11 is 0. The van der Waals surface area contributed by atoms with Crippen molar-refractivity contribution >= 4 is 37.8 Å². The zero-order valence-corrected chi connectivity index (χ0v) is 19.6. The SMILES string of the molecule is CS(C)(=O)=Nc1cc(OCC(F)F)c2c(Nc3ccc(F)cc3O[C@H]3COC[C@@H]3O)ncnc2c1. The molecule has 2 atom stereocenters. The van der Waals surface area contributed by atoms with Gasteiger partial charge < -0.3 is 24.6 Å². The van der Waals surface area contributed by atoms with Crippen LogP contribution in [0.4, 0.5) is 30.4 Å². The third-order valence-corrected chi connectivity index (χ3v) is 5.50. The molecule has 1 aliphatic rings. The molecule has 188 valence electrons. The van der Waals surface area contributed by atoms with Crippen molar-refractivity contribution < 1.29 is 36.7 Å². The Labute approximate surface area is 199 Å². The van der Waals surface area contributed by atoms with Crippen LogP contribution in [0.1, 0.15) is 0 Å². The summed E-state index contributed by atoms with van der Waals surface area (Å²) in [5, 5.41) is 13.3. The Kier molecular flexibility index (Phi) is 7.28. The van der Waals surface area contributed by atoms with E-state index in [-0.39, 0.29) is 41.6 Å². The summed E-state index contributed by atoms with van der Waals surface area (Å²) in [6, 6.07) is 6.65. The quantitative estimate of drug-likeness (QED) is 0.470. The van der Waals surface area contributed by atoms with Crippen molar-refractivity contribution in [3.05, 3.63) is 42.5 Å². The fourth-order valence-electron chi connectivity index (χ4n) is 3.43. The van der Waals surface area contributed by atoms with Crippen molar-refractivity contribution in [3.63, 3.8) is 0 Å². The summed E-state index contributed by atoms with van der Waals surface area (Å²) in [5.41, 5.74) is 0.826. The number of aromatic nitrogens is 2. The van der Waals surface area contributed by atoms with Gasteiger partial charge in [0.25, 0.3) is 6.43 Å². The maximum atomic E-state index is 14.0. The van der Waals surface area contributed by atoms with Crippen LogP contribution in [0.3, 0.4) is 0 Å². The second kappa shape index (κ2) is 10.2. The molecule has 0 unspecified atom stereocenters. The van der Waals surface area contributed by atoms with Gasteiger partial charge in [-0.2, -0.15) is 4.36 Å². The Balaban J connectivity index is 1.78. The average Bonchev–Trinajstić information content (AvgIpc) is 3.17. The fourth-order valence-corrected chi connectivity index (χ4v) is 4.04. The molecule has 1 aromatic heterocycles. The lowest BCUT2D eigenvalue weighted by Crippen LogP contribution is -2.30. The summed E-state index contributed by atoms with van der Waals surface area (Å²) < 4.78 is 72.4.